The fourth-order valence-electron chi connectivity index (χ4n) is 0.569. The molecule has 7 heteroatoms. The second-order valence-corrected chi connectivity index (χ2v) is 5.09. The third-order valence-corrected chi connectivity index (χ3v) is 2.49. The molecule has 1 amide bonds. The number of nitrogens with one attached hydrogen (secondary N) is 1. The fourth-order valence-corrected chi connectivity index (χ4v) is 1.79. The zero-order valence-electron chi connectivity index (χ0n) is 5.65. The smallest absolute Gasteiger partial charge is 0.267 e. The van der Waals surface area contributed by atoms with Crippen LogP contribution in [-0.2, 0) is 9.24 Å². The number of hydrogen-bond acceptors (Lipinski definition) is 4. The molecule has 66 valence electrons. The first kappa shape index (κ1) is 9.50. The van der Waals surface area contributed by atoms with E-state index in [-0.39, 0.29) is 0 Å². The zero-order valence-corrected chi connectivity index (χ0v) is 8.04. The summed E-state index contributed by atoms with van der Waals surface area (Å²) < 4.78 is 22.4. The van der Waals surface area contributed by atoms with Gasteiger partial charge in [-0.15, -0.1) is 11.3 Å². The molecule has 1 aromatic heterocycles. The van der Waals surface area contributed by atoms with Crippen molar-refractivity contribution in [1.29, 1.82) is 0 Å². The molecule has 0 aliphatic rings. The van der Waals surface area contributed by atoms with Gasteiger partial charge in [-0.3, -0.25) is 4.79 Å². The third kappa shape index (κ3) is 2.80. The normalized spacial score (nSPS) is 11.1. The molecule has 0 unspecified atom stereocenters. The first-order valence-corrected chi connectivity index (χ1v) is 5.98. The maximum atomic E-state index is 11.0. The first-order valence-electron chi connectivity index (χ1n) is 2.79. The first-order chi connectivity index (χ1) is 5.49. The highest BCUT2D eigenvalue weighted by molar-refractivity contribution is 8.12. The van der Waals surface area contributed by atoms with Crippen molar-refractivity contribution < 1.29 is 13.2 Å². The summed E-state index contributed by atoms with van der Waals surface area (Å²) in [5.74, 6) is -0.708. The van der Waals surface area contributed by atoms with E-state index in [1.54, 1.807) is 16.2 Å². The summed E-state index contributed by atoms with van der Waals surface area (Å²) in [6.45, 7) is 0. The van der Waals surface area contributed by atoms with Gasteiger partial charge in [0.25, 0.3) is 5.91 Å². The van der Waals surface area contributed by atoms with Crippen molar-refractivity contribution >= 4 is 37.2 Å². The van der Waals surface area contributed by atoms with Crippen LogP contribution in [0.2, 0.25) is 0 Å². The van der Waals surface area contributed by atoms with Gasteiger partial charge in [0.05, 0.1) is 4.88 Å². The van der Waals surface area contributed by atoms with Crippen LogP contribution in [0.5, 0.6) is 0 Å². The summed E-state index contributed by atoms with van der Waals surface area (Å²) in [6.07, 6.45) is 0. The second kappa shape index (κ2) is 3.42. The van der Waals surface area contributed by atoms with Crippen LogP contribution in [0.25, 0.3) is 0 Å². The summed E-state index contributed by atoms with van der Waals surface area (Å²) in [4.78, 5) is 11.3. The molecule has 1 aromatic rings. The quantitative estimate of drug-likeness (QED) is 0.763. The van der Waals surface area contributed by atoms with E-state index in [9.17, 15) is 13.2 Å². The Bertz CT molecular complexity index is 369. The molecule has 0 atom stereocenters. The van der Waals surface area contributed by atoms with Crippen molar-refractivity contribution in [2.75, 3.05) is 0 Å². The molecule has 0 aliphatic heterocycles. The monoisotopic (exact) mass is 225 g/mol. The molecule has 1 rings (SSSR count). The van der Waals surface area contributed by atoms with Crippen LogP contribution in [-0.4, -0.2) is 14.3 Å². The highest BCUT2D eigenvalue weighted by Crippen LogP contribution is 2.08. The lowest BCUT2D eigenvalue weighted by atomic mass is 10.5. The lowest BCUT2D eigenvalue weighted by molar-refractivity contribution is 0.0986. The van der Waals surface area contributed by atoms with Gasteiger partial charge in [-0.05, 0) is 11.4 Å². The number of rotatable bonds is 2. The van der Waals surface area contributed by atoms with Gasteiger partial charge >= 0.3 is 9.24 Å². The average Bonchev–Trinajstić information content (AvgIpc) is 2.32. The predicted molar refractivity (Wildman–Crippen MR) is 46.6 cm³/mol. The zero-order chi connectivity index (χ0) is 9.19. The number of halogens is 1. The molecule has 0 aromatic carbocycles. The van der Waals surface area contributed by atoms with Gasteiger partial charge in [-0.25, -0.2) is 4.72 Å². The van der Waals surface area contributed by atoms with E-state index in [1.807, 2.05) is 0 Å². The molecule has 1 N–H and O–H groups in total. The molecule has 1 heterocycles. The predicted octanol–water partition coefficient (Wildman–Crippen LogP) is 0.962. The largest absolute Gasteiger partial charge is 0.321 e. The minimum atomic E-state index is -3.97. The van der Waals surface area contributed by atoms with Crippen LogP contribution >= 0.6 is 22.0 Å². The SMILES string of the molecule is O=C(NS(=O)(=O)Cl)c1cccs1. The maximum absolute atomic E-state index is 11.0. The van der Waals surface area contributed by atoms with Crippen LogP contribution in [0.1, 0.15) is 9.67 Å². The number of carbonyl (C=O) groups is 1. The van der Waals surface area contributed by atoms with Crippen molar-refractivity contribution in [3.05, 3.63) is 22.4 Å². The van der Waals surface area contributed by atoms with Gasteiger partial charge in [0.1, 0.15) is 0 Å². The van der Waals surface area contributed by atoms with Crippen LogP contribution in [0.3, 0.4) is 0 Å². The molecule has 0 saturated carbocycles. The van der Waals surface area contributed by atoms with Crippen molar-refractivity contribution in [2.24, 2.45) is 0 Å². The molecule has 0 radical (unpaired) electrons. The number of hydrogen-bond donors (Lipinski definition) is 1. The Labute approximate surface area is 77.7 Å². The highest BCUT2D eigenvalue weighted by atomic mass is 35.7. The topological polar surface area (TPSA) is 63.2 Å². The molecule has 0 fully saturated rings. The second-order valence-electron chi connectivity index (χ2n) is 1.85. The van der Waals surface area contributed by atoms with E-state index in [2.05, 4.69) is 0 Å². The number of carbonyl (C=O) groups excluding carboxylic acids is 1. The van der Waals surface area contributed by atoms with Crippen LogP contribution < -0.4 is 4.72 Å². The van der Waals surface area contributed by atoms with E-state index in [4.69, 9.17) is 10.7 Å². The molecule has 0 spiro atoms. The van der Waals surface area contributed by atoms with E-state index < -0.39 is 15.1 Å². The molecule has 12 heavy (non-hydrogen) atoms. The third-order valence-electron chi connectivity index (χ3n) is 0.960. The van der Waals surface area contributed by atoms with E-state index >= 15 is 0 Å². The van der Waals surface area contributed by atoms with Crippen LogP contribution in [0, 0.1) is 0 Å². The van der Waals surface area contributed by atoms with Gasteiger partial charge in [0, 0.05) is 10.7 Å². The van der Waals surface area contributed by atoms with Crippen LogP contribution in [0.15, 0.2) is 17.5 Å². The molecule has 0 saturated heterocycles. The van der Waals surface area contributed by atoms with Crippen molar-refractivity contribution in [3.8, 4) is 0 Å². The summed E-state index contributed by atoms with van der Waals surface area (Å²) in [7, 11) is 0.820. The minimum absolute atomic E-state index is 0.305. The molecule has 0 aliphatic carbocycles. The Hall–Kier alpha value is -0.590. The van der Waals surface area contributed by atoms with Crippen molar-refractivity contribution in [2.45, 2.75) is 0 Å². The minimum Gasteiger partial charge on any atom is -0.267 e. The van der Waals surface area contributed by atoms with Gasteiger partial charge in [-0.2, -0.15) is 8.42 Å². The number of amides is 1. The Morgan fingerprint density at radius 3 is 2.67 bits per heavy atom. The Balaban J connectivity index is 2.76. The van der Waals surface area contributed by atoms with Gasteiger partial charge in [-0.1, -0.05) is 6.07 Å². The standard InChI is InChI=1S/C5H4ClNO3S2/c6-12(9,10)7-5(8)4-2-1-3-11-4/h1-3H,(H,7,8). The Morgan fingerprint density at radius 1 is 1.58 bits per heavy atom. The lowest BCUT2D eigenvalue weighted by Gasteiger charge is -1.95. The average molecular weight is 226 g/mol. The fraction of sp³-hybridized carbons (Fsp3) is 0. The van der Waals surface area contributed by atoms with E-state index in [1.165, 1.54) is 6.07 Å². The highest BCUT2D eigenvalue weighted by Gasteiger charge is 2.12. The molecular weight excluding hydrogens is 222 g/mol. The summed E-state index contributed by atoms with van der Waals surface area (Å²) in [6, 6.07) is 3.14. The Morgan fingerprint density at radius 2 is 2.25 bits per heavy atom. The van der Waals surface area contributed by atoms with Crippen LogP contribution in [0.4, 0.5) is 0 Å². The van der Waals surface area contributed by atoms with E-state index in [0.29, 0.717) is 4.88 Å². The van der Waals surface area contributed by atoms with Crippen molar-refractivity contribution in [1.82, 2.24) is 4.72 Å². The van der Waals surface area contributed by atoms with Gasteiger partial charge < -0.3 is 0 Å². The van der Waals surface area contributed by atoms with Crippen molar-refractivity contribution in [3.63, 3.8) is 0 Å². The summed E-state index contributed by atoms with van der Waals surface area (Å²) in [5, 5.41) is 1.66. The maximum Gasteiger partial charge on any atom is 0.321 e. The lowest BCUT2D eigenvalue weighted by Crippen LogP contribution is -2.25. The summed E-state index contributed by atoms with van der Waals surface area (Å²) in [5.41, 5.74) is 0. The Kier molecular flexibility index (Phi) is 2.71. The number of thiophene rings is 1. The summed E-state index contributed by atoms with van der Waals surface area (Å²) >= 11 is 1.14. The van der Waals surface area contributed by atoms with Gasteiger partial charge in [0.15, 0.2) is 0 Å². The van der Waals surface area contributed by atoms with Gasteiger partial charge in [0.2, 0.25) is 0 Å². The molecular formula is C5H4ClNO3S2. The van der Waals surface area contributed by atoms with E-state index in [0.717, 1.165) is 11.3 Å². The molecule has 4 nitrogen and oxygen atoms in total. The molecule has 0 bridgehead atoms.